The molecule has 1 N–H and O–H groups in total. The highest BCUT2D eigenvalue weighted by atomic mass is 32.1. The normalized spacial score (nSPS) is 13.6. The Morgan fingerprint density at radius 3 is 2.62 bits per heavy atom. The average molecular weight is 460 g/mol. The number of rotatable bonds is 10. The number of amides is 1. The molecule has 0 spiro atoms. The molecule has 0 radical (unpaired) electrons. The van der Waals surface area contributed by atoms with E-state index < -0.39 is 23.9 Å². The molecule has 0 bridgehead atoms. The first kappa shape index (κ1) is 23.8. The minimum absolute atomic E-state index is 0.145. The molecule has 8 heteroatoms. The van der Waals surface area contributed by atoms with Crippen LogP contribution in [0.15, 0.2) is 30.3 Å². The predicted octanol–water partition coefficient (Wildman–Crippen LogP) is 4.53. The maximum atomic E-state index is 12.6. The van der Waals surface area contributed by atoms with Gasteiger partial charge in [0.25, 0.3) is 5.91 Å². The van der Waals surface area contributed by atoms with Crippen LogP contribution in [0.25, 0.3) is 0 Å². The number of hydrogen-bond donors (Lipinski definition) is 1. The van der Waals surface area contributed by atoms with E-state index >= 15 is 0 Å². The van der Waals surface area contributed by atoms with Gasteiger partial charge in [0.1, 0.15) is 10.8 Å². The lowest BCUT2D eigenvalue weighted by Gasteiger charge is -2.14. The Hall–Kier alpha value is -2.87. The van der Waals surface area contributed by atoms with Crippen LogP contribution in [-0.4, -0.2) is 37.2 Å². The van der Waals surface area contributed by atoms with E-state index in [1.807, 2.05) is 30.3 Å². The maximum absolute atomic E-state index is 12.6. The summed E-state index contributed by atoms with van der Waals surface area (Å²) in [5.74, 6) is -0.627. The van der Waals surface area contributed by atoms with E-state index in [2.05, 4.69) is 5.32 Å². The van der Waals surface area contributed by atoms with Crippen molar-refractivity contribution in [3.8, 4) is 5.75 Å². The highest BCUT2D eigenvalue weighted by Gasteiger charge is 2.28. The molecule has 7 nitrogen and oxygen atoms in total. The Morgan fingerprint density at radius 2 is 1.88 bits per heavy atom. The predicted molar refractivity (Wildman–Crippen MR) is 122 cm³/mol. The molecule has 1 heterocycles. The third kappa shape index (κ3) is 6.32. The number of benzene rings is 1. The SMILES string of the molecule is CCOC(=O)c1c(NC(=O)C(C)OC(=O)CCCOc2ccccc2)sc2c1CCCC2. The maximum Gasteiger partial charge on any atom is 0.341 e. The summed E-state index contributed by atoms with van der Waals surface area (Å²) in [4.78, 5) is 38.4. The number of carbonyl (C=O) groups excluding carboxylic acids is 3. The first-order chi connectivity index (χ1) is 15.5. The molecule has 2 aromatic rings. The Labute approximate surface area is 192 Å². The van der Waals surface area contributed by atoms with Gasteiger partial charge in [-0.2, -0.15) is 0 Å². The van der Waals surface area contributed by atoms with Gasteiger partial charge in [0.2, 0.25) is 0 Å². The van der Waals surface area contributed by atoms with Gasteiger partial charge in [0, 0.05) is 11.3 Å². The molecule has 1 aliphatic rings. The fourth-order valence-corrected chi connectivity index (χ4v) is 4.80. The van der Waals surface area contributed by atoms with E-state index in [0.29, 0.717) is 23.6 Å². The molecule has 1 amide bonds. The average Bonchev–Trinajstić information content (AvgIpc) is 3.15. The largest absolute Gasteiger partial charge is 0.494 e. The van der Waals surface area contributed by atoms with Crippen LogP contribution in [0, 0.1) is 0 Å². The summed E-state index contributed by atoms with van der Waals surface area (Å²) < 4.78 is 16.0. The molecular weight excluding hydrogens is 430 g/mol. The number of hydrogen-bond acceptors (Lipinski definition) is 7. The second-order valence-corrected chi connectivity index (χ2v) is 8.63. The summed E-state index contributed by atoms with van der Waals surface area (Å²) >= 11 is 1.41. The summed E-state index contributed by atoms with van der Waals surface area (Å²) in [6.45, 7) is 3.91. The fraction of sp³-hybridized carbons (Fsp3) is 0.458. The Bertz CT molecular complexity index is 939. The van der Waals surface area contributed by atoms with Crippen LogP contribution in [0.3, 0.4) is 0 Å². The third-order valence-electron chi connectivity index (χ3n) is 5.10. The molecule has 172 valence electrons. The van der Waals surface area contributed by atoms with E-state index in [4.69, 9.17) is 14.2 Å². The van der Waals surface area contributed by atoms with Gasteiger partial charge in [-0.25, -0.2) is 4.79 Å². The Kier molecular flexibility index (Phi) is 8.67. The van der Waals surface area contributed by atoms with E-state index in [0.717, 1.165) is 41.9 Å². The summed E-state index contributed by atoms with van der Waals surface area (Å²) in [6.07, 6.45) is 3.39. The Balaban J connectivity index is 1.52. The number of ether oxygens (including phenoxy) is 3. The highest BCUT2D eigenvalue weighted by molar-refractivity contribution is 7.17. The van der Waals surface area contributed by atoms with E-state index in [-0.39, 0.29) is 13.0 Å². The molecule has 32 heavy (non-hydrogen) atoms. The molecule has 1 aromatic heterocycles. The number of esters is 2. The third-order valence-corrected chi connectivity index (χ3v) is 6.31. The monoisotopic (exact) mass is 459 g/mol. The second kappa shape index (κ2) is 11.7. The molecule has 0 fully saturated rings. The summed E-state index contributed by atoms with van der Waals surface area (Å²) in [7, 11) is 0. The van der Waals surface area contributed by atoms with Gasteiger partial charge in [0.15, 0.2) is 6.10 Å². The molecule has 3 rings (SSSR count). The number of carbonyl (C=O) groups is 3. The lowest BCUT2D eigenvalue weighted by Crippen LogP contribution is -2.30. The minimum atomic E-state index is -0.980. The van der Waals surface area contributed by atoms with Crippen LogP contribution in [0.5, 0.6) is 5.75 Å². The smallest absolute Gasteiger partial charge is 0.341 e. The number of anilines is 1. The van der Waals surface area contributed by atoms with Crippen molar-refractivity contribution in [1.29, 1.82) is 0 Å². The fourth-order valence-electron chi connectivity index (χ4n) is 3.52. The van der Waals surface area contributed by atoms with Gasteiger partial charge in [-0.3, -0.25) is 9.59 Å². The molecule has 1 unspecified atom stereocenters. The first-order valence-corrected chi connectivity index (χ1v) is 11.8. The number of aryl methyl sites for hydroxylation is 1. The van der Waals surface area contributed by atoms with Crippen molar-refractivity contribution >= 4 is 34.2 Å². The second-order valence-electron chi connectivity index (χ2n) is 7.52. The standard InChI is InChI=1S/C24H29NO6S/c1-3-29-24(28)21-18-12-7-8-13-19(18)32-23(21)25-22(27)16(2)31-20(26)14-9-15-30-17-10-5-4-6-11-17/h4-6,10-11,16H,3,7-9,12-15H2,1-2H3,(H,25,27). The molecule has 0 aliphatic heterocycles. The van der Waals surface area contributed by atoms with Crippen molar-refractivity contribution in [1.82, 2.24) is 0 Å². The minimum Gasteiger partial charge on any atom is -0.494 e. The number of thiophene rings is 1. The van der Waals surface area contributed by atoms with Gasteiger partial charge < -0.3 is 19.5 Å². The molecule has 1 aliphatic carbocycles. The molecule has 1 aromatic carbocycles. The molecule has 0 saturated heterocycles. The summed E-state index contributed by atoms with van der Waals surface area (Å²) in [6, 6.07) is 9.34. The topological polar surface area (TPSA) is 90.9 Å². The zero-order valence-corrected chi connectivity index (χ0v) is 19.3. The number of para-hydroxylation sites is 1. The van der Waals surface area contributed by atoms with Crippen molar-refractivity contribution in [2.75, 3.05) is 18.5 Å². The van der Waals surface area contributed by atoms with Crippen LogP contribution in [0.2, 0.25) is 0 Å². The van der Waals surface area contributed by atoms with Crippen molar-refractivity contribution in [2.45, 2.75) is 58.5 Å². The van der Waals surface area contributed by atoms with Crippen LogP contribution < -0.4 is 10.1 Å². The van der Waals surface area contributed by atoms with Crippen molar-refractivity contribution in [2.24, 2.45) is 0 Å². The van der Waals surface area contributed by atoms with Crippen molar-refractivity contribution < 1.29 is 28.6 Å². The summed E-state index contributed by atoms with van der Waals surface area (Å²) in [5.41, 5.74) is 1.41. The van der Waals surface area contributed by atoms with E-state index in [1.54, 1.807) is 6.92 Å². The van der Waals surface area contributed by atoms with E-state index in [1.165, 1.54) is 18.3 Å². The van der Waals surface area contributed by atoms with E-state index in [9.17, 15) is 14.4 Å². The van der Waals surface area contributed by atoms with Crippen LogP contribution >= 0.6 is 11.3 Å². The quantitative estimate of drug-likeness (QED) is 0.415. The van der Waals surface area contributed by atoms with Gasteiger partial charge in [0.05, 0.1) is 18.8 Å². The van der Waals surface area contributed by atoms with Crippen LogP contribution in [0.1, 0.15) is 60.3 Å². The Morgan fingerprint density at radius 1 is 1.12 bits per heavy atom. The number of nitrogens with one attached hydrogen (secondary N) is 1. The highest BCUT2D eigenvalue weighted by Crippen LogP contribution is 2.38. The van der Waals surface area contributed by atoms with Gasteiger partial charge in [-0.05, 0) is 63.6 Å². The zero-order valence-electron chi connectivity index (χ0n) is 18.5. The van der Waals surface area contributed by atoms with Gasteiger partial charge in [-0.1, -0.05) is 18.2 Å². The molecule has 0 saturated carbocycles. The van der Waals surface area contributed by atoms with Crippen molar-refractivity contribution in [3.63, 3.8) is 0 Å². The first-order valence-electron chi connectivity index (χ1n) is 11.0. The molecule has 1 atom stereocenters. The van der Waals surface area contributed by atoms with Gasteiger partial charge in [-0.15, -0.1) is 11.3 Å². The zero-order chi connectivity index (χ0) is 22.9. The van der Waals surface area contributed by atoms with Crippen LogP contribution in [-0.2, 0) is 31.9 Å². The van der Waals surface area contributed by atoms with Gasteiger partial charge >= 0.3 is 11.9 Å². The number of fused-ring (bicyclic) bond motifs is 1. The lowest BCUT2D eigenvalue weighted by molar-refractivity contribution is -0.153. The van der Waals surface area contributed by atoms with Crippen LogP contribution in [0.4, 0.5) is 5.00 Å². The summed E-state index contributed by atoms with van der Waals surface area (Å²) in [5, 5.41) is 3.25. The van der Waals surface area contributed by atoms with Crippen molar-refractivity contribution in [3.05, 3.63) is 46.3 Å². The molecular formula is C24H29NO6S. The lowest BCUT2D eigenvalue weighted by atomic mass is 9.95.